The van der Waals surface area contributed by atoms with Crippen molar-refractivity contribution in [3.05, 3.63) is 81.0 Å². The molecule has 0 aliphatic carbocycles. The third kappa shape index (κ3) is 4.17. The summed E-state index contributed by atoms with van der Waals surface area (Å²) in [5, 5.41) is 10.7. The van der Waals surface area contributed by atoms with Crippen LogP contribution in [-0.4, -0.2) is 32.6 Å². The number of carbonyl (C=O) groups excluding carboxylic acids is 1. The second kappa shape index (κ2) is 8.36. The summed E-state index contributed by atoms with van der Waals surface area (Å²) in [7, 11) is 0. The fourth-order valence-electron chi connectivity index (χ4n) is 3.54. The molecule has 4 rings (SSSR count). The molecule has 0 unspecified atom stereocenters. The minimum atomic E-state index is -0.616. The summed E-state index contributed by atoms with van der Waals surface area (Å²) < 4.78 is 5.43. The molecule has 0 aliphatic heterocycles. The smallest absolute Gasteiger partial charge is 0.349 e. The molecule has 8 nitrogen and oxygen atoms in total. The van der Waals surface area contributed by atoms with Gasteiger partial charge in [-0.05, 0) is 43.5 Å². The van der Waals surface area contributed by atoms with Crippen molar-refractivity contribution in [1.29, 1.82) is 0 Å². The molecular weight excluding hydrogens is 382 g/mol. The van der Waals surface area contributed by atoms with Crippen LogP contribution in [0.5, 0.6) is 0 Å². The van der Waals surface area contributed by atoms with Gasteiger partial charge in [-0.25, -0.2) is 9.78 Å². The molecule has 0 radical (unpaired) electrons. The van der Waals surface area contributed by atoms with Crippen LogP contribution in [0.1, 0.15) is 38.9 Å². The number of hydrogen-bond acceptors (Lipinski definition) is 5. The third-order valence-corrected chi connectivity index (χ3v) is 5.02. The predicted octanol–water partition coefficient (Wildman–Crippen LogP) is 2.61. The highest BCUT2D eigenvalue weighted by atomic mass is 16.4. The third-order valence-electron chi connectivity index (χ3n) is 5.02. The van der Waals surface area contributed by atoms with Crippen molar-refractivity contribution in [1.82, 2.24) is 25.5 Å². The highest BCUT2D eigenvalue weighted by Gasteiger charge is 2.17. The Morgan fingerprint density at radius 1 is 1.17 bits per heavy atom. The topological polar surface area (TPSA) is 117 Å². The molecule has 3 N–H and O–H groups in total. The summed E-state index contributed by atoms with van der Waals surface area (Å²) in [4.78, 5) is 32.3. The molecule has 1 amide bonds. The number of hydrogen-bond donors (Lipinski definition) is 3. The molecule has 1 aromatic carbocycles. The average Bonchev–Trinajstić information content (AvgIpc) is 3.32. The zero-order chi connectivity index (χ0) is 21.1. The van der Waals surface area contributed by atoms with Crippen LogP contribution in [0.15, 0.2) is 45.7 Å². The summed E-state index contributed by atoms with van der Waals surface area (Å²) in [6.45, 7) is 3.89. The number of para-hydroxylation sites is 1. The van der Waals surface area contributed by atoms with E-state index in [4.69, 9.17) is 4.42 Å². The summed E-state index contributed by atoms with van der Waals surface area (Å²) in [6, 6.07) is 9.85. The Hall–Kier alpha value is -3.68. The standard InChI is InChI=1S/C22H23N5O3/c1-13-11-16(8-7-15-12-24-18-6-4-3-5-17(15)18)30-22(29)20(13)21(28)23-10-9-19-25-14(2)26-27-19/h3-6,11-12,24H,7-10H2,1-2H3,(H,23,28)(H,25,26,27). The van der Waals surface area contributed by atoms with Crippen LogP contribution in [0.3, 0.4) is 0 Å². The molecule has 4 aromatic rings. The Morgan fingerprint density at radius 3 is 2.77 bits per heavy atom. The van der Waals surface area contributed by atoms with Crippen molar-refractivity contribution >= 4 is 16.8 Å². The Balaban J connectivity index is 1.41. The lowest BCUT2D eigenvalue weighted by atomic mass is 10.1. The van der Waals surface area contributed by atoms with E-state index in [1.54, 1.807) is 13.0 Å². The number of nitrogens with zero attached hydrogens (tertiary/aromatic N) is 2. The molecule has 0 fully saturated rings. The maximum Gasteiger partial charge on any atom is 0.349 e. The first-order valence-electron chi connectivity index (χ1n) is 9.86. The van der Waals surface area contributed by atoms with Gasteiger partial charge in [0.2, 0.25) is 0 Å². The fraction of sp³-hybridized carbons (Fsp3) is 0.273. The van der Waals surface area contributed by atoms with Gasteiger partial charge in [-0.2, -0.15) is 5.10 Å². The normalized spacial score (nSPS) is 11.1. The maximum atomic E-state index is 12.5. The second-order valence-electron chi connectivity index (χ2n) is 7.26. The summed E-state index contributed by atoms with van der Waals surface area (Å²) in [5.74, 6) is 1.45. The van der Waals surface area contributed by atoms with Crippen LogP contribution in [0.4, 0.5) is 0 Å². The number of aryl methyl sites for hydroxylation is 4. The summed E-state index contributed by atoms with van der Waals surface area (Å²) >= 11 is 0. The van der Waals surface area contributed by atoms with Crippen LogP contribution in [0.25, 0.3) is 10.9 Å². The highest BCUT2D eigenvalue weighted by Crippen LogP contribution is 2.19. The van der Waals surface area contributed by atoms with Gasteiger partial charge in [0.1, 0.15) is 17.1 Å². The average molecular weight is 405 g/mol. The number of rotatable bonds is 7. The Bertz CT molecular complexity index is 1250. The number of aromatic amines is 2. The van der Waals surface area contributed by atoms with Crippen LogP contribution in [0, 0.1) is 13.8 Å². The second-order valence-corrected chi connectivity index (χ2v) is 7.26. The van der Waals surface area contributed by atoms with Gasteiger partial charge in [-0.1, -0.05) is 18.2 Å². The van der Waals surface area contributed by atoms with Crippen LogP contribution in [0.2, 0.25) is 0 Å². The Morgan fingerprint density at radius 2 is 2.00 bits per heavy atom. The number of amides is 1. The van der Waals surface area contributed by atoms with Gasteiger partial charge in [-0.15, -0.1) is 0 Å². The van der Waals surface area contributed by atoms with Gasteiger partial charge in [0.15, 0.2) is 5.82 Å². The predicted molar refractivity (Wildman–Crippen MR) is 113 cm³/mol. The maximum absolute atomic E-state index is 12.5. The lowest BCUT2D eigenvalue weighted by Crippen LogP contribution is -2.31. The van der Waals surface area contributed by atoms with Crippen molar-refractivity contribution in [3.63, 3.8) is 0 Å². The Kier molecular flexibility index (Phi) is 5.47. The monoisotopic (exact) mass is 405 g/mol. The molecule has 154 valence electrons. The van der Waals surface area contributed by atoms with Gasteiger partial charge in [0.05, 0.1) is 0 Å². The molecule has 0 atom stereocenters. The zero-order valence-corrected chi connectivity index (χ0v) is 16.9. The number of nitrogens with one attached hydrogen (secondary N) is 3. The number of carbonyl (C=O) groups is 1. The minimum Gasteiger partial charge on any atom is -0.427 e. The van der Waals surface area contributed by atoms with Gasteiger partial charge in [0.25, 0.3) is 5.91 Å². The Labute approximate surface area is 172 Å². The van der Waals surface area contributed by atoms with E-state index in [2.05, 4.69) is 31.5 Å². The van der Waals surface area contributed by atoms with E-state index in [1.165, 1.54) is 0 Å². The molecule has 0 spiro atoms. The lowest BCUT2D eigenvalue weighted by molar-refractivity contribution is 0.0949. The molecule has 0 saturated carbocycles. The fourth-order valence-corrected chi connectivity index (χ4v) is 3.54. The first kappa shape index (κ1) is 19.6. The molecule has 0 bridgehead atoms. The summed E-state index contributed by atoms with van der Waals surface area (Å²) in [6.07, 6.45) is 3.76. The zero-order valence-electron chi connectivity index (χ0n) is 16.9. The van der Waals surface area contributed by atoms with Crippen molar-refractivity contribution in [3.8, 4) is 0 Å². The molecule has 0 saturated heterocycles. The van der Waals surface area contributed by atoms with Crippen molar-refractivity contribution in [2.24, 2.45) is 0 Å². The van der Waals surface area contributed by atoms with Gasteiger partial charge in [-0.3, -0.25) is 9.89 Å². The molecular formula is C22H23N5O3. The number of aromatic nitrogens is 4. The minimum absolute atomic E-state index is 0.0389. The van der Waals surface area contributed by atoms with Crippen molar-refractivity contribution in [2.45, 2.75) is 33.1 Å². The van der Waals surface area contributed by atoms with Crippen LogP contribution in [-0.2, 0) is 19.3 Å². The van der Waals surface area contributed by atoms with Crippen molar-refractivity contribution in [2.75, 3.05) is 6.54 Å². The molecule has 3 aromatic heterocycles. The highest BCUT2D eigenvalue weighted by molar-refractivity contribution is 5.95. The van der Waals surface area contributed by atoms with E-state index in [0.717, 1.165) is 28.7 Å². The van der Waals surface area contributed by atoms with Gasteiger partial charge < -0.3 is 14.7 Å². The van der Waals surface area contributed by atoms with E-state index >= 15 is 0 Å². The van der Waals surface area contributed by atoms with E-state index in [1.807, 2.05) is 31.3 Å². The van der Waals surface area contributed by atoms with E-state index in [-0.39, 0.29) is 5.56 Å². The first-order chi connectivity index (χ1) is 14.5. The van der Waals surface area contributed by atoms with E-state index in [9.17, 15) is 9.59 Å². The number of benzene rings is 1. The number of fused-ring (bicyclic) bond motifs is 1. The molecule has 8 heteroatoms. The molecule has 30 heavy (non-hydrogen) atoms. The number of H-pyrrole nitrogens is 2. The van der Waals surface area contributed by atoms with Crippen LogP contribution >= 0.6 is 0 Å². The largest absolute Gasteiger partial charge is 0.427 e. The van der Waals surface area contributed by atoms with E-state index in [0.29, 0.717) is 36.5 Å². The molecule has 3 heterocycles. The summed E-state index contributed by atoms with van der Waals surface area (Å²) in [5.41, 5.74) is 2.27. The quantitative estimate of drug-likeness (QED) is 0.437. The van der Waals surface area contributed by atoms with Gasteiger partial charge in [0, 0.05) is 36.5 Å². The van der Waals surface area contributed by atoms with Crippen LogP contribution < -0.4 is 10.9 Å². The molecule has 0 aliphatic rings. The first-order valence-corrected chi connectivity index (χ1v) is 9.86. The van der Waals surface area contributed by atoms with Crippen molar-refractivity contribution < 1.29 is 9.21 Å². The van der Waals surface area contributed by atoms with Gasteiger partial charge >= 0.3 is 5.63 Å². The SMILES string of the molecule is Cc1nc(CCNC(=O)c2c(C)cc(CCc3c[nH]c4ccccc34)oc2=O)n[nH]1. The van der Waals surface area contributed by atoms with E-state index < -0.39 is 11.5 Å². The lowest BCUT2D eigenvalue weighted by Gasteiger charge is -2.07.